The van der Waals surface area contributed by atoms with Gasteiger partial charge in [0.1, 0.15) is 5.82 Å². The van der Waals surface area contributed by atoms with Crippen molar-refractivity contribution in [3.63, 3.8) is 0 Å². The largest absolute Gasteiger partial charge is 0.335 e. The number of hydrogen-bond donors (Lipinski definition) is 2. The van der Waals surface area contributed by atoms with Crippen molar-refractivity contribution in [2.24, 2.45) is 0 Å². The molecule has 5 nitrogen and oxygen atoms in total. The third-order valence-electron chi connectivity index (χ3n) is 2.12. The van der Waals surface area contributed by atoms with E-state index in [0.29, 0.717) is 5.56 Å². The van der Waals surface area contributed by atoms with Crippen LogP contribution >= 0.6 is 0 Å². The molecule has 0 saturated heterocycles. The average molecular weight is 255 g/mol. The lowest BCUT2D eigenvalue weighted by Crippen LogP contribution is -2.23. The summed E-state index contributed by atoms with van der Waals surface area (Å²) in [5, 5.41) is -0.0195. The molecule has 2 rings (SSSR count). The summed E-state index contributed by atoms with van der Waals surface area (Å²) in [7, 11) is -3.62. The molecule has 1 aromatic heterocycles. The van der Waals surface area contributed by atoms with E-state index in [9.17, 15) is 12.8 Å². The third kappa shape index (κ3) is 2.89. The van der Waals surface area contributed by atoms with Crippen molar-refractivity contribution in [3.8, 4) is 0 Å². The van der Waals surface area contributed by atoms with Crippen LogP contribution in [0.2, 0.25) is 0 Å². The van der Waals surface area contributed by atoms with Crippen molar-refractivity contribution in [2.45, 2.75) is 11.6 Å². The van der Waals surface area contributed by atoms with E-state index in [2.05, 4.69) is 14.7 Å². The molecule has 7 heteroatoms. The van der Waals surface area contributed by atoms with E-state index in [1.807, 2.05) is 0 Å². The smallest absolute Gasteiger partial charge is 0.257 e. The fourth-order valence-corrected chi connectivity index (χ4v) is 2.21. The Balaban J connectivity index is 2.08. The molecular formula is C10H10FN3O2S. The normalized spacial score (nSPS) is 11.6. The van der Waals surface area contributed by atoms with Crippen LogP contribution in [-0.4, -0.2) is 18.4 Å². The molecule has 90 valence electrons. The van der Waals surface area contributed by atoms with E-state index in [1.54, 1.807) is 6.07 Å². The second-order valence-corrected chi connectivity index (χ2v) is 5.11. The highest BCUT2D eigenvalue weighted by Crippen LogP contribution is 2.06. The first kappa shape index (κ1) is 11.7. The number of aromatic amines is 1. The Labute approximate surface area is 97.8 Å². The number of hydrogen-bond acceptors (Lipinski definition) is 3. The van der Waals surface area contributed by atoms with Gasteiger partial charge in [-0.05, 0) is 17.7 Å². The molecule has 0 amide bonds. The summed E-state index contributed by atoms with van der Waals surface area (Å²) in [5.41, 5.74) is 0.549. The second-order valence-electron chi connectivity index (χ2n) is 3.37. The fraction of sp³-hybridized carbons (Fsp3) is 0.100. The van der Waals surface area contributed by atoms with Crippen LogP contribution in [0.4, 0.5) is 4.39 Å². The van der Waals surface area contributed by atoms with Crippen LogP contribution in [0.15, 0.2) is 41.8 Å². The van der Waals surface area contributed by atoms with Crippen LogP contribution in [0.5, 0.6) is 0 Å². The van der Waals surface area contributed by atoms with Gasteiger partial charge in [0.15, 0.2) is 5.03 Å². The lowest BCUT2D eigenvalue weighted by Gasteiger charge is -2.04. The van der Waals surface area contributed by atoms with Gasteiger partial charge < -0.3 is 4.98 Å². The van der Waals surface area contributed by atoms with Crippen molar-refractivity contribution >= 4 is 10.0 Å². The van der Waals surface area contributed by atoms with Crippen LogP contribution in [0.3, 0.4) is 0 Å². The first-order chi connectivity index (χ1) is 8.08. The molecule has 17 heavy (non-hydrogen) atoms. The van der Waals surface area contributed by atoms with E-state index in [-0.39, 0.29) is 11.6 Å². The SMILES string of the molecule is O=S(=O)(NCc1cccc(F)c1)c1cnc[nH]1. The minimum Gasteiger partial charge on any atom is -0.335 e. The molecule has 0 spiro atoms. The number of nitrogens with zero attached hydrogens (tertiary/aromatic N) is 1. The molecule has 2 N–H and O–H groups in total. The van der Waals surface area contributed by atoms with Gasteiger partial charge in [-0.15, -0.1) is 0 Å². The first-order valence-electron chi connectivity index (χ1n) is 4.80. The van der Waals surface area contributed by atoms with E-state index in [0.717, 1.165) is 0 Å². The summed E-state index contributed by atoms with van der Waals surface area (Å²) < 4.78 is 38.6. The van der Waals surface area contributed by atoms with Gasteiger partial charge in [0.2, 0.25) is 0 Å². The van der Waals surface area contributed by atoms with Gasteiger partial charge in [-0.25, -0.2) is 22.5 Å². The molecule has 0 bridgehead atoms. The second kappa shape index (κ2) is 4.64. The molecule has 1 heterocycles. The molecule has 0 fully saturated rings. The molecular weight excluding hydrogens is 245 g/mol. The predicted octanol–water partition coefficient (Wildman–Crippen LogP) is 1.03. The van der Waals surface area contributed by atoms with Crippen molar-refractivity contribution in [1.29, 1.82) is 0 Å². The number of imidazole rings is 1. The van der Waals surface area contributed by atoms with Crippen LogP contribution in [0.25, 0.3) is 0 Å². The molecule has 0 aliphatic rings. The number of halogens is 1. The summed E-state index contributed by atoms with van der Waals surface area (Å²) >= 11 is 0. The molecule has 1 aromatic carbocycles. The van der Waals surface area contributed by atoms with Gasteiger partial charge in [-0.3, -0.25) is 0 Å². The molecule has 2 aromatic rings. The number of H-pyrrole nitrogens is 1. The number of nitrogens with one attached hydrogen (secondary N) is 2. The monoisotopic (exact) mass is 255 g/mol. The van der Waals surface area contributed by atoms with Crippen LogP contribution in [-0.2, 0) is 16.6 Å². The zero-order valence-corrected chi connectivity index (χ0v) is 9.54. The zero-order valence-electron chi connectivity index (χ0n) is 8.72. The third-order valence-corrected chi connectivity index (χ3v) is 3.44. The van der Waals surface area contributed by atoms with Gasteiger partial charge in [0.05, 0.1) is 12.5 Å². The maximum Gasteiger partial charge on any atom is 0.257 e. The highest BCUT2D eigenvalue weighted by Gasteiger charge is 2.14. The zero-order chi connectivity index (χ0) is 12.3. The summed E-state index contributed by atoms with van der Waals surface area (Å²) in [6.45, 7) is 0.0269. The quantitative estimate of drug-likeness (QED) is 0.856. The fourth-order valence-electron chi connectivity index (χ4n) is 1.29. The Kier molecular flexibility index (Phi) is 3.21. The van der Waals surface area contributed by atoms with E-state index < -0.39 is 15.8 Å². The Morgan fingerprint density at radius 2 is 2.24 bits per heavy atom. The van der Waals surface area contributed by atoms with Crippen molar-refractivity contribution in [2.75, 3.05) is 0 Å². The highest BCUT2D eigenvalue weighted by atomic mass is 32.2. The Hall–Kier alpha value is -1.73. The molecule has 0 radical (unpaired) electrons. The van der Waals surface area contributed by atoms with Crippen LogP contribution in [0, 0.1) is 5.82 Å². The number of rotatable bonds is 4. The Bertz CT molecular complexity index is 596. The molecule has 0 aliphatic heterocycles. The maximum atomic E-state index is 12.9. The van der Waals surface area contributed by atoms with Gasteiger partial charge in [0.25, 0.3) is 10.0 Å². The molecule has 0 aliphatic carbocycles. The van der Waals surface area contributed by atoms with Crippen LogP contribution < -0.4 is 4.72 Å². The Morgan fingerprint density at radius 1 is 1.41 bits per heavy atom. The number of sulfonamides is 1. The average Bonchev–Trinajstić information content (AvgIpc) is 2.81. The standard InChI is InChI=1S/C10H10FN3O2S/c11-9-3-1-2-8(4-9)5-14-17(15,16)10-6-12-7-13-10/h1-4,6-7,14H,5H2,(H,12,13). The van der Waals surface area contributed by atoms with Crippen molar-refractivity contribution in [1.82, 2.24) is 14.7 Å². The summed E-state index contributed by atoms with van der Waals surface area (Å²) in [5.74, 6) is -0.400. The van der Waals surface area contributed by atoms with Gasteiger partial charge in [-0.1, -0.05) is 12.1 Å². The lowest BCUT2D eigenvalue weighted by atomic mass is 10.2. The lowest BCUT2D eigenvalue weighted by molar-refractivity contribution is 0.577. The number of benzene rings is 1. The van der Waals surface area contributed by atoms with Crippen molar-refractivity contribution < 1.29 is 12.8 Å². The van der Waals surface area contributed by atoms with Gasteiger partial charge in [-0.2, -0.15) is 0 Å². The molecule has 0 saturated carbocycles. The Morgan fingerprint density at radius 3 is 2.88 bits per heavy atom. The molecule has 0 unspecified atom stereocenters. The highest BCUT2D eigenvalue weighted by molar-refractivity contribution is 7.89. The van der Waals surface area contributed by atoms with Crippen molar-refractivity contribution in [3.05, 3.63) is 48.2 Å². The minimum atomic E-state index is -3.62. The van der Waals surface area contributed by atoms with E-state index in [1.165, 1.54) is 30.7 Å². The summed E-state index contributed by atoms with van der Waals surface area (Å²) in [4.78, 5) is 6.11. The van der Waals surface area contributed by atoms with Gasteiger partial charge >= 0.3 is 0 Å². The predicted molar refractivity (Wildman–Crippen MR) is 59.0 cm³/mol. The molecule has 0 atom stereocenters. The first-order valence-corrected chi connectivity index (χ1v) is 6.29. The van der Waals surface area contributed by atoms with E-state index in [4.69, 9.17) is 0 Å². The topological polar surface area (TPSA) is 74.8 Å². The van der Waals surface area contributed by atoms with Gasteiger partial charge in [0, 0.05) is 6.54 Å². The van der Waals surface area contributed by atoms with Crippen LogP contribution in [0.1, 0.15) is 5.56 Å². The summed E-state index contributed by atoms with van der Waals surface area (Å²) in [6, 6.07) is 5.73. The van der Waals surface area contributed by atoms with E-state index >= 15 is 0 Å². The minimum absolute atomic E-state index is 0.0195. The maximum absolute atomic E-state index is 12.9. The summed E-state index contributed by atoms with van der Waals surface area (Å²) in [6.07, 6.45) is 2.48. The number of aromatic nitrogens is 2.